The molecule has 0 aromatic heterocycles. The fourth-order valence-corrected chi connectivity index (χ4v) is 4.53. The minimum absolute atomic E-state index is 0.228. The summed E-state index contributed by atoms with van der Waals surface area (Å²) >= 11 is 7.01. The molecule has 25 heavy (non-hydrogen) atoms. The van der Waals surface area contributed by atoms with Crippen molar-refractivity contribution in [2.24, 2.45) is 0 Å². The van der Waals surface area contributed by atoms with Crippen molar-refractivity contribution in [3.05, 3.63) is 26.6 Å². The fraction of sp³-hybridized carbons (Fsp3) is 0.588. The van der Waals surface area contributed by atoms with Gasteiger partial charge in [0, 0.05) is 54.8 Å². The van der Waals surface area contributed by atoms with Crippen molar-refractivity contribution in [1.82, 2.24) is 14.7 Å². The molecule has 2 aliphatic heterocycles. The first-order valence-corrected chi connectivity index (χ1v) is 10.1. The van der Waals surface area contributed by atoms with E-state index < -0.39 is 0 Å². The summed E-state index contributed by atoms with van der Waals surface area (Å²) in [5, 5.41) is 0. The third-order valence-corrected chi connectivity index (χ3v) is 5.88. The highest BCUT2D eigenvalue weighted by Crippen LogP contribution is 2.29. The van der Waals surface area contributed by atoms with E-state index in [9.17, 15) is 4.79 Å². The Balaban J connectivity index is 1.49. The van der Waals surface area contributed by atoms with Crippen LogP contribution in [0.1, 0.15) is 5.56 Å². The highest BCUT2D eigenvalue weighted by atomic mass is 79.9. The van der Waals surface area contributed by atoms with Gasteiger partial charge in [-0.25, -0.2) is 0 Å². The summed E-state index contributed by atoms with van der Waals surface area (Å²) in [6.45, 7) is 7.76. The van der Waals surface area contributed by atoms with Gasteiger partial charge in [0.1, 0.15) is 0 Å². The van der Waals surface area contributed by atoms with Gasteiger partial charge >= 0.3 is 0 Å². The molecular weight excluding hydrogens is 452 g/mol. The van der Waals surface area contributed by atoms with Gasteiger partial charge in [-0.3, -0.25) is 14.6 Å². The van der Waals surface area contributed by atoms with Crippen LogP contribution in [0.15, 0.2) is 21.1 Å². The van der Waals surface area contributed by atoms with Gasteiger partial charge in [0.2, 0.25) is 5.91 Å². The maximum absolute atomic E-state index is 12.5. The highest BCUT2D eigenvalue weighted by molar-refractivity contribution is 9.11. The molecule has 0 aliphatic carbocycles. The van der Waals surface area contributed by atoms with E-state index in [1.54, 1.807) is 0 Å². The van der Waals surface area contributed by atoms with Crippen LogP contribution in [0.3, 0.4) is 0 Å². The zero-order chi connectivity index (χ0) is 17.8. The number of nitrogens with zero attached hydrogens (tertiary/aromatic N) is 3. The number of hydrogen-bond acceptors (Lipinski definition) is 5. The molecule has 0 atom stereocenters. The number of piperazine rings is 1. The van der Waals surface area contributed by atoms with E-state index in [4.69, 9.17) is 10.5 Å². The summed E-state index contributed by atoms with van der Waals surface area (Å²) in [6, 6.07) is 4.02. The number of ether oxygens (including phenoxy) is 1. The molecule has 2 aliphatic rings. The first-order chi connectivity index (χ1) is 12.0. The molecule has 1 amide bonds. The van der Waals surface area contributed by atoms with Crippen molar-refractivity contribution in [3.8, 4) is 0 Å². The standard InChI is InChI=1S/C17H24Br2N4O2/c18-14-9-13(17(20)15(19)10-14)11-21-1-3-23(4-2-21)16(24)12-22-5-7-25-8-6-22/h9-10H,1-8,11-12,20H2. The SMILES string of the molecule is Nc1c(Br)cc(Br)cc1CN1CCN(C(=O)CN2CCOCC2)CC1. The third-order valence-electron chi connectivity index (χ3n) is 4.76. The first kappa shape index (κ1) is 19.1. The Morgan fingerprint density at radius 2 is 1.72 bits per heavy atom. The van der Waals surface area contributed by atoms with E-state index in [1.165, 1.54) is 0 Å². The quantitative estimate of drug-likeness (QED) is 0.672. The maximum Gasteiger partial charge on any atom is 0.236 e. The Morgan fingerprint density at radius 3 is 2.40 bits per heavy atom. The van der Waals surface area contributed by atoms with Crippen LogP contribution in [0.2, 0.25) is 0 Å². The lowest BCUT2D eigenvalue weighted by Gasteiger charge is -2.36. The van der Waals surface area contributed by atoms with Gasteiger partial charge in [0.05, 0.1) is 25.4 Å². The van der Waals surface area contributed by atoms with E-state index in [1.807, 2.05) is 11.0 Å². The second-order valence-electron chi connectivity index (χ2n) is 6.51. The second kappa shape index (κ2) is 8.81. The summed E-state index contributed by atoms with van der Waals surface area (Å²) in [6.07, 6.45) is 0. The van der Waals surface area contributed by atoms with Crippen molar-refractivity contribution in [1.29, 1.82) is 0 Å². The minimum Gasteiger partial charge on any atom is -0.398 e. The Morgan fingerprint density at radius 1 is 1.04 bits per heavy atom. The van der Waals surface area contributed by atoms with Crippen LogP contribution in [-0.4, -0.2) is 79.6 Å². The summed E-state index contributed by atoms with van der Waals surface area (Å²) in [7, 11) is 0. The number of halogens is 2. The number of carbonyl (C=O) groups is 1. The zero-order valence-electron chi connectivity index (χ0n) is 14.2. The van der Waals surface area contributed by atoms with Gasteiger partial charge in [-0.2, -0.15) is 0 Å². The van der Waals surface area contributed by atoms with Crippen LogP contribution in [0, 0.1) is 0 Å². The number of amides is 1. The topological polar surface area (TPSA) is 62.0 Å². The molecule has 2 saturated heterocycles. The maximum atomic E-state index is 12.5. The summed E-state index contributed by atoms with van der Waals surface area (Å²) in [5.41, 5.74) is 8.07. The molecule has 3 rings (SSSR count). The molecule has 8 heteroatoms. The van der Waals surface area contributed by atoms with Crippen LogP contribution < -0.4 is 5.73 Å². The number of rotatable bonds is 4. The van der Waals surface area contributed by atoms with Gasteiger partial charge in [-0.05, 0) is 33.6 Å². The molecule has 6 nitrogen and oxygen atoms in total. The van der Waals surface area contributed by atoms with Gasteiger partial charge < -0.3 is 15.4 Å². The van der Waals surface area contributed by atoms with Crippen molar-refractivity contribution >= 4 is 43.5 Å². The lowest BCUT2D eigenvalue weighted by atomic mass is 10.1. The van der Waals surface area contributed by atoms with Crippen LogP contribution in [0.5, 0.6) is 0 Å². The van der Waals surface area contributed by atoms with E-state index in [-0.39, 0.29) is 5.91 Å². The Kier molecular flexibility index (Phi) is 6.73. The minimum atomic E-state index is 0.228. The van der Waals surface area contributed by atoms with E-state index >= 15 is 0 Å². The Bertz CT molecular complexity index is 615. The number of hydrogen-bond donors (Lipinski definition) is 1. The van der Waals surface area contributed by atoms with Crippen LogP contribution in [-0.2, 0) is 16.1 Å². The number of benzene rings is 1. The highest BCUT2D eigenvalue weighted by Gasteiger charge is 2.24. The monoisotopic (exact) mass is 474 g/mol. The molecule has 2 fully saturated rings. The molecule has 0 radical (unpaired) electrons. The predicted octanol–water partition coefficient (Wildman–Crippen LogP) is 1.77. The van der Waals surface area contributed by atoms with Crippen molar-refractivity contribution < 1.29 is 9.53 Å². The average molecular weight is 476 g/mol. The number of carbonyl (C=O) groups excluding carboxylic acids is 1. The molecule has 0 unspecified atom stereocenters. The fourth-order valence-electron chi connectivity index (χ4n) is 3.22. The van der Waals surface area contributed by atoms with Crippen molar-refractivity contribution in [2.75, 3.05) is 64.8 Å². The molecule has 138 valence electrons. The molecule has 2 heterocycles. The van der Waals surface area contributed by atoms with Crippen LogP contribution in [0.25, 0.3) is 0 Å². The second-order valence-corrected chi connectivity index (χ2v) is 8.28. The molecule has 1 aromatic carbocycles. The Labute approximate surface area is 165 Å². The normalized spacial score (nSPS) is 20.0. The van der Waals surface area contributed by atoms with E-state index in [0.29, 0.717) is 6.54 Å². The van der Waals surface area contributed by atoms with Gasteiger partial charge in [-0.15, -0.1) is 0 Å². The van der Waals surface area contributed by atoms with Crippen molar-refractivity contribution in [2.45, 2.75) is 6.54 Å². The summed E-state index contributed by atoms with van der Waals surface area (Å²) in [5.74, 6) is 0.228. The number of nitrogens with two attached hydrogens (primary N) is 1. The number of morpholine rings is 1. The largest absolute Gasteiger partial charge is 0.398 e. The molecule has 2 N–H and O–H groups in total. The Hall–Kier alpha value is -0.670. The molecular formula is C17H24Br2N4O2. The molecule has 0 spiro atoms. The number of anilines is 1. The first-order valence-electron chi connectivity index (χ1n) is 8.56. The van der Waals surface area contributed by atoms with Crippen LogP contribution in [0.4, 0.5) is 5.69 Å². The molecule has 0 bridgehead atoms. The summed E-state index contributed by atoms with van der Waals surface area (Å²) < 4.78 is 7.26. The van der Waals surface area contributed by atoms with Crippen molar-refractivity contribution in [3.63, 3.8) is 0 Å². The summed E-state index contributed by atoms with van der Waals surface area (Å²) in [4.78, 5) is 19.0. The molecule has 0 saturated carbocycles. The van der Waals surface area contributed by atoms with E-state index in [0.717, 1.165) is 79.2 Å². The van der Waals surface area contributed by atoms with Crippen LogP contribution >= 0.6 is 31.9 Å². The van der Waals surface area contributed by atoms with Gasteiger partial charge in [0.25, 0.3) is 0 Å². The average Bonchev–Trinajstić information content (AvgIpc) is 2.60. The zero-order valence-corrected chi connectivity index (χ0v) is 17.4. The predicted molar refractivity (Wildman–Crippen MR) is 105 cm³/mol. The van der Waals surface area contributed by atoms with Gasteiger partial charge in [-0.1, -0.05) is 15.9 Å². The van der Waals surface area contributed by atoms with E-state index in [2.05, 4.69) is 47.7 Å². The smallest absolute Gasteiger partial charge is 0.236 e. The third kappa shape index (κ3) is 5.17. The van der Waals surface area contributed by atoms with Gasteiger partial charge in [0.15, 0.2) is 0 Å². The lowest BCUT2D eigenvalue weighted by molar-refractivity contribution is -0.135. The molecule has 1 aromatic rings. The number of nitrogen functional groups attached to an aromatic ring is 1. The lowest BCUT2D eigenvalue weighted by Crippen LogP contribution is -2.52.